The van der Waals surface area contributed by atoms with Crippen LogP contribution in [0.1, 0.15) is 30.4 Å². The maximum absolute atomic E-state index is 11.9. The third-order valence-corrected chi connectivity index (χ3v) is 4.45. The number of urea groups is 1. The number of hydrogen-bond acceptors (Lipinski definition) is 3. The highest BCUT2D eigenvalue weighted by Gasteiger charge is 2.34. The van der Waals surface area contributed by atoms with Gasteiger partial charge in [-0.3, -0.25) is 0 Å². The van der Waals surface area contributed by atoms with Crippen molar-refractivity contribution in [1.29, 1.82) is 0 Å². The predicted octanol–water partition coefficient (Wildman–Crippen LogP) is 3.44. The molecule has 0 unspecified atom stereocenters. The molecule has 2 amide bonds. The van der Waals surface area contributed by atoms with Gasteiger partial charge in [0.25, 0.3) is 0 Å². The van der Waals surface area contributed by atoms with Gasteiger partial charge in [0.2, 0.25) is 0 Å². The Balaban J connectivity index is 1.40. The Hall–Kier alpha value is -2.37. The van der Waals surface area contributed by atoms with Gasteiger partial charge in [-0.2, -0.15) is 0 Å². The number of carbonyl (C=O) groups excluding carboxylic acids is 1. The van der Waals surface area contributed by atoms with E-state index in [1.54, 1.807) is 0 Å². The minimum absolute atomic E-state index is 0.296. The first-order chi connectivity index (χ1) is 12.1. The van der Waals surface area contributed by atoms with E-state index in [0.29, 0.717) is 25.4 Å². The maximum atomic E-state index is 11.9. The summed E-state index contributed by atoms with van der Waals surface area (Å²) in [4.78, 5) is 11.9. The molecule has 0 bridgehead atoms. The quantitative estimate of drug-likeness (QED) is 0.723. The minimum atomic E-state index is -0.711. The first-order valence-electron chi connectivity index (χ1n) is 8.61. The molecule has 5 nitrogen and oxygen atoms in total. The second-order valence-electron chi connectivity index (χ2n) is 6.56. The molecule has 0 aliphatic heterocycles. The fourth-order valence-corrected chi connectivity index (χ4v) is 2.73. The molecule has 1 fully saturated rings. The number of benzene rings is 2. The van der Waals surface area contributed by atoms with Crippen molar-refractivity contribution in [2.75, 3.05) is 11.9 Å². The summed E-state index contributed by atoms with van der Waals surface area (Å²) in [5.41, 5.74) is 2.19. The normalized spacial score (nSPS) is 15.2. The Labute approximate surface area is 148 Å². The third kappa shape index (κ3) is 5.31. The zero-order chi connectivity index (χ0) is 17.5. The highest BCUT2D eigenvalue weighted by atomic mass is 16.5. The van der Waals surface area contributed by atoms with Gasteiger partial charge in [-0.15, -0.1) is 0 Å². The number of nitrogens with one attached hydrogen (secondary N) is 2. The lowest BCUT2D eigenvalue weighted by Crippen LogP contribution is -2.48. The maximum Gasteiger partial charge on any atom is 0.319 e. The molecule has 0 aromatic heterocycles. The van der Waals surface area contributed by atoms with Crippen LogP contribution in [0.15, 0.2) is 54.6 Å². The lowest BCUT2D eigenvalue weighted by atomic mass is 9.80. The van der Waals surface area contributed by atoms with Gasteiger partial charge in [-0.05, 0) is 42.5 Å². The van der Waals surface area contributed by atoms with Crippen molar-refractivity contribution in [1.82, 2.24) is 5.32 Å². The molecule has 1 saturated carbocycles. The molecule has 1 aliphatic carbocycles. The van der Waals surface area contributed by atoms with E-state index in [0.717, 1.165) is 30.4 Å². The van der Waals surface area contributed by atoms with E-state index in [1.165, 1.54) is 0 Å². The molecule has 3 N–H and O–H groups in total. The van der Waals surface area contributed by atoms with Crippen molar-refractivity contribution in [2.45, 2.75) is 38.1 Å². The number of rotatable bonds is 7. The number of anilines is 1. The van der Waals surface area contributed by atoms with Gasteiger partial charge in [0.1, 0.15) is 0 Å². The molecule has 5 heteroatoms. The molecule has 0 atom stereocenters. The van der Waals surface area contributed by atoms with E-state index in [2.05, 4.69) is 10.6 Å². The number of amides is 2. The summed E-state index contributed by atoms with van der Waals surface area (Å²) in [6.45, 7) is 1.39. The second-order valence-corrected chi connectivity index (χ2v) is 6.56. The summed E-state index contributed by atoms with van der Waals surface area (Å²) in [6.07, 6.45) is 2.53. The van der Waals surface area contributed by atoms with Gasteiger partial charge < -0.3 is 20.5 Å². The highest BCUT2D eigenvalue weighted by molar-refractivity contribution is 5.89. The molecule has 132 valence electrons. The van der Waals surface area contributed by atoms with Crippen molar-refractivity contribution in [2.24, 2.45) is 0 Å². The Morgan fingerprint density at radius 1 is 1.00 bits per heavy atom. The summed E-state index contributed by atoms with van der Waals surface area (Å²) in [5.74, 6) is 0. The molecule has 3 rings (SSSR count). The molecule has 0 radical (unpaired) electrons. The molecule has 0 saturated heterocycles. The van der Waals surface area contributed by atoms with Crippen molar-refractivity contribution < 1.29 is 14.6 Å². The van der Waals surface area contributed by atoms with Gasteiger partial charge in [0.15, 0.2) is 0 Å². The molecule has 2 aromatic rings. The standard InChI is InChI=1S/C20H24N2O3/c23-19(21-15-20(24)11-4-12-20)22-18-9-7-17(8-10-18)14-25-13-16-5-2-1-3-6-16/h1-3,5-10,24H,4,11-15H2,(H2,21,22,23). The van der Waals surface area contributed by atoms with Gasteiger partial charge in [0.05, 0.1) is 18.8 Å². The second kappa shape index (κ2) is 8.14. The zero-order valence-corrected chi connectivity index (χ0v) is 14.2. The number of carbonyl (C=O) groups is 1. The van der Waals surface area contributed by atoms with Crippen molar-refractivity contribution in [3.63, 3.8) is 0 Å². The van der Waals surface area contributed by atoms with Crippen LogP contribution in [0.2, 0.25) is 0 Å². The van der Waals surface area contributed by atoms with Gasteiger partial charge in [-0.25, -0.2) is 4.79 Å². The van der Waals surface area contributed by atoms with Crippen LogP contribution in [0.5, 0.6) is 0 Å². The van der Waals surface area contributed by atoms with E-state index < -0.39 is 5.60 Å². The van der Waals surface area contributed by atoms with Crippen LogP contribution < -0.4 is 10.6 Å². The Bertz CT molecular complexity index is 682. The van der Waals surface area contributed by atoms with E-state index in [4.69, 9.17) is 4.74 Å². The van der Waals surface area contributed by atoms with Crippen molar-refractivity contribution in [3.05, 3.63) is 65.7 Å². The van der Waals surface area contributed by atoms with Crippen molar-refractivity contribution in [3.8, 4) is 0 Å². The highest BCUT2D eigenvalue weighted by Crippen LogP contribution is 2.30. The average molecular weight is 340 g/mol. The predicted molar refractivity (Wildman–Crippen MR) is 97.2 cm³/mol. The average Bonchev–Trinajstić information content (AvgIpc) is 2.61. The summed E-state index contributed by atoms with van der Waals surface area (Å²) in [6, 6.07) is 17.3. The van der Waals surface area contributed by atoms with E-state index in [-0.39, 0.29) is 6.03 Å². The van der Waals surface area contributed by atoms with Gasteiger partial charge in [0, 0.05) is 12.2 Å². The Morgan fingerprint density at radius 2 is 1.64 bits per heavy atom. The first-order valence-corrected chi connectivity index (χ1v) is 8.61. The SMILES string of the molecule is O=C(NCC1(O)CCC1)Nc1ccc(COCc2ccccc2)cc1. The monoisotopic (exact) mass is 340 g/mol. The van der Waals surface area contributed by atoms with Crippen LogP contribution in [0.4, 0.5) is 10.5 Å². The van der Waals surface area contributed by atoms with E-state index >= 15 is 0 Å². The largest absolute Gasteiger partial charge is 0.388 e. The van der Waals surface area contributed by atoms with Crippen molar-refractivity contribution >= 4 is 11.7 Å². The zero-order valence-electron chi connectivity index (χ0n) is 14.2. The third-order valence-electron chi connectivity index (χ3n) is 4.45. The smallest absolute Gasteiger partial charge is 0.319 e. The molecule has 25 heavy (non-hydrogen) atoms. The van der Waals surface area contributed by atoms with Crippen LogP contribution in [0.3, 0.4) is 0 Å². The Morgan fingerprint density at radius 3 is 2.24 bits per heavy atom. The lowest BCUT2D eigenvalue weighted by Gasteiger charge is -2.36. The van der Waals surface area contributed by atoms with Crippen LogP contribution in [0, 0.1) is 0 Å². The summed E-state index contributed by atoms with van der Waals surface area (Å²) in [5, 5.41) is 15.5. The first kappa shape index (κ1) is 17.5. The number of aliphatic hydroxyl groups is 1. The minimum Gasteiger partial charge on any atom is -0.388 e. The number of ether oxygens (including phenoxy) is 1. The fourth-order valence-electron chi connectivity index (χ4n) is 2.73. The molecule has 0 heterocycles. The molecule has 2 aromatic carbocycles. The summed E-state index contributed by atoms with van der Waals surface area (Å²) >= 11 is 0. The summed E-state index contributed by atoms with van der Waals surface area (Å²) < 4.78 is 5.69. The van der Waals surface area contributed by atoms with Gasteiger partial charge >= 0.3 is 6.03 Å². The molecule has 1 aliphatic rings. The molecular formula is C20H24N2O3. The fraction of sp³-hybridized carbons (Fsp3) is 0.350. The van der Waals surface area contributed by atoms with Crippen LogP contribution in [-0.2, 0) is 18.0 Å². The van der Waals surface area contributed by atoms with Crippen LogP contribution >= 0.6 is 0 Å². The van der Waals surface area contributed by atoms with Crippen LogP contribution in [-0.4, -0.2) is 23.3 Å². The Kier molecular flexibility index (Phi) is 5.68. The van der Waals surface area contributed by atoms with E-state index in [1.807, 2.05) is 54.6 Å². The number of hydrogen-bond donors (Lipinski definition) is 3. The van der Waals surface area contributed by atoms with E-state index in [9.17, 15) is 9.90 Å². The van der Waals surface area contributed by atoms with Gasteiger partial charge in [-0.1, -0.05) is 42.5 Å². The lowest BCUT2D eigenvalue weighted by molar-refractivity contribution is -0.0287. The topological polar surface area (TPSA) is 70.6 Å². The molecular weight excluding hydrogens is 316 g/mol. The summed E-state index contributed by atoms with van der Waals surface area (Å²) in [7, 11) is 0. The van der Waals surface area contributed by atoms with Crippen LogP contribution in [0.25, 0.3) is 0 Å². The molecule has 0 spiro atoms.